The van der Waals surface area contributed by atoms with E-state index in [1.165, 1.54) is 0 Å². The van der Waals surface area contributed by atoms with Gasteiger partial charge in [-0.15, -0.1) is 10.2 Å². The zero-order valence-electron chi connectivity index (χ0n) is 16.4. The number of aromatic nitrogens is 3. The molecule has 0 saturated carbocycles. The van der Waals surface area contributed by atoms with Crippen molar-refractivity contribution in [2.75, 3.05) is 23.3 Å². The lowest BCUT2D eigenvalue weighted by Gasteiger charge is -2.36. The molecule has 1 saturated heterocycles. The van der Waals surface area contributed by atoms with E-state index in [9.17, 15) is 4.79 Å². The maximum atomic E-state index is 12.2. The van der Waals surface area contributed by atoms with Gasteiger partial charge in [-0.1, -0.05) is 0 Å². The number of anilines is 2. The zero-order valence-corrected chi connectivity index (χ0v) is 17.2. The van der Waals surface area contributed by atoms with Gasteiger partial charge >= 0.3 is 0 Å². The Morgan fingerprint density at radius 2 is 2.07 bits per heavy atom. The van der Waals surface area contributed by atoms with E-state index in [1.54, 1.807) is 17.5 Å². The lowest BCUT2D eigenvalue weighted by atomic mass is 10.2. The van der Waals surface area contributed by atoms with Gasteiger partial charge in [0, 0.05) is 36.9 Å². The van der Waals surface area contributed by atoms with Crippen LogP contribution >= 0.6 is 11.3 Å². The molecule has 0 unspecified atom stereocenters. The van der Waals surface area contributed by atoms with Crippen LogP contribution in [0, 0.1) is 0 Å². The summed E-state index contributed by atoms with van der Waals surface area (Å²) in [6.07, 6.45) is 2.66. The smallest absolute Gasteiger partial charge is 0.248 e. The first-order valence-electron chi connectivity index (χ1n) is 9.58. The van der Waals surface area contributed by atoms with Gasteiger partial charge in [-0.2, -0.15) is 11.3 Å². The van der Waals surface area contributed by atoms with Gasteiger partial charge in [0.15, 0.2) is 0 Å². The molecule has 1 fully saturated rings. The highest BCUT2D eigenvalue weighted by Crippen LogP contribution is 2.22. The molecule has 2 atom stereocenters. The van der Waals surface area contributed by atoms with Crippen LogP contribution in [0.1, 0.15) is 26.2 Å². The van der Waals surface area contributed by atoms with Crippen LogP contribution in [-0.2, 0) is 16.0 Å². The Morgan fingerprint density at radius 1 is 1.24 bits per heavy atom. The summed E-state index contributed by atoms with van der Waals surface area (Å²) in [5, 5.41) is 14.8. The largest absolute Gasteiger partial charge is 0.421 e. The molecule has 1 aliphatic rings. The van der Waals surface area contributed by atoms with Gasteiger partial charge in [-0.05, 0) is 37.4 Å². The lowest BCUT2D eigenvalue weighted by Crippen LogP contribution is -2.45. The Morgan fingerprint density at radius 3 is 2.76 bits per heavy atom. The van der Waals surface area contributed by atoms with E-state index in [4.69, 9.17) is 9.15 Å². The van der Waals surface area contributed by atoms with Gasteiger partial charge in [-0.25, -0.2) is 4.98 Å². The number of carbonyl (C=O) groups excluding carboxylic acids is 1. The summed E-state index contributed by atoms with van der Waals surface area (Å²) in [7, 11) is 0. The van der Waals surface area contributed by atoms with Crippen molar-refractivity contribution in [3.63, 3.8) is 0 Å². The molecular weight excluding hydrogens is 390 g/mol. The SMILES string of the molecule is C[C@@H]1CN(c2ccc(NC(=O)CCc3nnc(-c4ccsc4)o3)cn2)C[C@H](C)O1. The van der Waals surface area contributed by atoms with Gasteiger partial charge in [0.1, 0.15) is 5.82 Å². The van der Waals surface area contributed by atoms with E-state index in [-0.39, 0.29) is 24.5 Å². The number of aryl methyl sites for hydroxylation is 1. The van der Waals surface area contributed by atoms with Crippen molar-refractivity contribution in [2.24, 2.45) is 0 Å². The predicted molar refractivity (Wildman–Crippen MR) is 111 cm³/mol. The molecule has 1 N–H and O–H groups in total. The second-order valence-electron chi connectivity index (χ2n) is 7.13. The van der Waals surface area contributed by atoms with Gasteiger partial charge in [-0.3, -0.25) is 4.79 Å². The number of amides is 1. The van der Waals surface area contributed by atoms with E-state index in [0.29, 0.717) is 23.9 Å². The molecule has 4 rings (SSSR count). The summed E-state index contributed by atoms with van der Waals surface area (Å²) in [6, 6.07) is 5.71. The van der Waals surface area contributed by atoms with Crippen molar-refractivity contribution >= 4 is 28.7 Å². The van der Waals surface area contributed by atoms with Crippen molar-refractivity contribution in [3.8, 4) is 11.5 Å². The molecule has 0 aliphatic carbocycles. The van der Waals surface area contributed by atoms with Crippen molar-refractivity contribution in [2.45, 2.75) is 38.9 Å². The van der Waals surface area contributed by atoms with Gasteiger partial charge in [0.25, 0.3) is 0 Å². The highest BCUT2D eigenvalue weighted by Gasteiger charge is 2.23. The highest BCUT2D eigenvalue weighted by molar-refractivity contribution is 7.08. The minimum Gasteiger partial charge on any atom is -0.421 e. The van der Waals surface area contributed by atoms with E-state index in [0.717, 1.165) is 24.5 Å². The molecule has 1 aliphatic heterocycles. The molecule has 0 spiro atoms. The second kappa shape index (κ2) is 8.71. The Balaban J connectivity index is 1.28. The van der Waals surface area contributed by atoms with Crippen LogP contribution in [0.3, 0.4) is 0 Å². The molecule has 0 bridgehead atoms. The predicted octanol–water partition coefficient (Wildman–Crippen LogP) is 3.38. The Bertz CT molecular complexity index is 931. The number of thiophene rings is 1. The first-order chi connectivity index (χ1) is 14.1. The summed E-state index contributed by atoms with van der Waals surface area (Å²) in [6.45, 7) is 5.73. The normalized spacial score (nSPS) is 19.3. The molecule has 0 radical (unpaired) electrons. The number of morpholine rings is 1. The molecular formula is C20H23N5O3S. The van der Waals surface area contributed by atoms with E-state index in [1.807, 2.05) is 29.0 Å². The number of nitrogens with one attached hydrogen (secondary N) is 1. The van der Waals surface area contributed by atoms with E-state index in [2.05, 4.69) is 39.2 Å². The van der Waals surface area contributed by atoms with Crippen LogP contribution in [0.2, 0.25) is 0 Å². The number of pyridine rings is 1. The zero-order chi connectivity index (χ0) is 20.2. The van der Waals surface area contributed by atoms with Gasteiger partial charge in [0.05, 0.1) is 24.1 Å². The summed E-state index contributed by atoms with van der Waals surface area (Å²) < 4.78 is 11.4. The third-order valence-electron chi connectivity index (χ3n) is 4.58. The van der Waals surface area contributed by atoms with E-state index >= 15 is 0 Å². The number of ether oxygens (including phenoxy) is 1. The Hall–Kier alpha value is -2.78. The molecule has 29 heavy (non-hydrogen) atoms. The highest BCUT2D eigenvalue weighted by atomic mass is 32.1. The lowest BCUT2D eigenvalue weighted by molar-refractivity contribution is -0.116. The summed E-state index contributed by atoms with van der Waals surface area (Å²) in [4.78, 5) is 18.9. The quantitative estimate of drug-likeness (QED) is 0.662. The molecule has 1 amide bonds. The Labute approximate surface area is 172 Å². The van der Waals surface area contributed by atoms with E-state index < -0.39 is 0 Å². The fourth-order valence-corrected chi connectivity index (χ4v) is 3.94. The molecule has 0 aromatic carbocycles. The van der Waals surface area contributed by atoms with Crippen molar-refractivity contribution in [3.05, 3.63) is 41.0 Å². The van der Waals surface area contributed by atoms with Crippen molar-refractivity contribution < 1.29 is 13.9 Å². The molecule has 4 heterocycles. The molecule has 9 heteroatoms. The third kappa shape index (κ3) is 4.99. The molecule has 3 aromatic heterocycles. The number of rotatable bonds is 6. The number of hydrogen-bond donors (Lipinski definition) is 1. The van der Waals surface area contributed by atoms with Crippen LogP contribution in [0.15, 0.2) is 39.6 Å². The monoisotopic (exact) mass is 413 g/mol. The second-order valence-corrected chi connectivity index (χ2v) is 7.91. The van der Waals surface area contributed by atoms with Gasteiger partial charge in [0.2, 0.25) is 17.7 Å². The first-order valence-corrected chi connectivity index (χ1v) is 10.5. The van der Waals surface area contributed by atoms with Crippen molar-refractivity contribution in [1.29, 1.82) is 0 Å². The number of hydrogen-bond acceptors (Lipinski definition) is 8. The topological polar surface area (TPSA) is 93.4 Å². The van der Waals surface area contributed by atoms with Crippen LogP contribution < -0.4 is 10.2 Å². The molecule has 8 nitrogen and oxygen atoms in total. The van der Waals surface area contributed by atoms with Crippen molar-refractivity contribution in [1.82, 2.24) is 15.2 Å². The maximum Gasteiger partial charge on any atom is 0.248 e. The van der Waals surface area contributed by atoms with Crippen LogP contribution in [0.4, 0.5) is 11.5 Å². The maximum absolute atomic E-state index is 12.2. The minimum absolute atomic E-state index is 0.122. The van der Waals surface area contributed by atoms with Crippen LogP contribution in [0.25, 0.3) is 11.5 Å². The fourth-order valence-electron chi connectivity index (χ4n) is 3.31. The summed E-state index contributed by atoms with van der Waals surface area (Å²) in [5.74, 6) is 1.69. The fraction of sp³-hybridized carbons (Fsp3) is 0.400. The van der Waals surface area contributed by atoms with Gasteiger partial charge < -0.3 is 19.4 Å². The minimum atomic E-state index is -0.122. The number of carbonyl (C=O) groups is 1. The Kier molecular flexibility index (Phi) is 5.86. The molecule has 152 valence electrons. The summed E-state index contributed by atoms with van der Waals surface area (Å²) >= 11 is 1.57. The first kappa shape index (κ1) is 19.5. The third-order valence-corrected chi connectivity index (χ3v) is 5.26. The average Bonchev–Trinajstić information content (AvgIpc) is 3.38. The average molecular weight is 414 g/mol. The van der Waals surface area contributed by atoms with Crippen LogP contribution in [0.5, 0.6) is 0 Å². The standard InChI is InChI=1S/C20H23N5O3S/c1-13-10-25(11-14(2)27-13)17-4-3-16(9-21-17)22-18(26)5-6-19-23-24-20(28-19)15-7-8-29-12-15/h3-4,7-9,12-14H,5-6,10-11H2,1-2H3,(H,22,26)/t13-,14+. The molecule has 3 aromatic rings. The summed E-state index contributed by atoms with van der Waals surface area (Å²) in [5.41, 5.74) is 1.56. The number of nitrogens with zero attached hydrogens (tertiary/aromatic N) is 4. The van der Waals surface area contributed by atoms with Crippen LogP contribution in [-0.4, -0.2) is 46.4 Å².